The predicted octanol–water partition coefficient (Wildman–Crippen LogP) is 3.81. The quantitative estimate of drug-likeness (QED) is 0.874. The summed E-state index contributed by atoms with van der Waals surface area (Å²) in [5.41, 5.74) is 1.06. The van der Waals surface area contributed by atoms with Crippen LogP contribution in [0.3, 0.4) is 0 Å². The van der Waals surface area contributed by atoms with Crippen molar-refractivity contribution in [3.05, 3.63) is 22.7 Å². The van der Waals surface area contributed by atoms with Crippen molar-refractivity contribution in [3.63, 3.8) is 0 Å². The fourth-order valence-electron chi connectivity index (χ4n) is 1.84. The van der Waals surface area contributed by atoms with Gasteiger partial charge < -0.3 is 10.2 Å². The lowest BCUT2D eigenvalue weighted by molar-refractivity contribution is 0.316. The van der Waals surface area contributed by atoms with Gasteiger partial charge in [-0.15, -0.1) is 0 Å². The molecular formula is C13H18BrN3S. The summed E-state index contributed by atoms with van der Waals surface area (Å²) >= 11 is 5.18. The monoisotopic (exact) mass is 327 g/mol. The van der Waals surface area contributed by atoms with Crippen LogP contribution in [0.2, 0.25) is 0 Å². The number of hydrogen-bond donors (Lipinski definition) is 1. The van der Waals surface area contributed by atoms with Crippen LogP contribution in [0, 0.1) is 0 Å². The fraction of sp³-hybridized carbons (Fsp3) is 0.462. The Balaban J connectivity index is 1.95. The van der Waals surface area contributed by atoms with Gasteiger partial charge >= 0.3 is 0 Å². The number of likely N-dealkylation sites (N-methyl/N-ethyl adjacent to an activating group) is 1. The molecule has 0 amide bonds. The molecule has 1 heterocycles. The van der Waals surface area contributed by atoms with E-state index in [9.17, 15) is 0 Å². The lowest BCUT2D eigenvalue weighted by Gasteiger charge is -2.17. The number of halogens is 1. The first-order chi connectivity index (χ1) is 8.72. The molecule has 1 aromatic carbocycles. The molecule has 0 fully saturated rings. The van der Waals surface area contributed by atoms with Crippen LogP contribution in [0.5, 0.6) is 0 Å². The average Bonchev–Trinajstić information content (AvgIpc) is 2.76. The molecule has 0 saturated carbocycles. The van der Waals surface area contributed by atoms with Crippen molar-refractivity contribution < 1.29 is 0 Å². The van der Waals surface area contributed by atoms with Gasteiger partial charge in [-0.2, -0.15) is 0 Å². The highest BCUT2D eigenvalue weighted by Gasteiger charge is 2.04. The molecular weight excluding hydrogens is 310 g/mol. The molecule has 5 heteroatoms. The van der Waals surface area contributed by atoms with Crippen molar-refractivity contribution in [3.8, 4) is 0 Å². The number of benzene rings is 1. The standard InChI is InChI=1S/C13H18BrN3S/c1-3-17(4-2)8-7-15-13-16-11-9-10(14)5-6-12(11)18-13/h5-6,9H,3-4,7-8H2,1-2H3,(H,15,16). The minimum atomic E-state index is 0.947. The Hall–Kier alpha value is -0.650. The van der Waals surface area contributed by atoms with E-state index < -0.39 is 0 Å². The summed E-state index contributed by atoms with van der Waals surface area (Å²) < 4.78 is 2.30. The van der Waals surface area contributed by atoms with Crippen molar-refractivity contribution >= 4 is 42.6 Å². The van der Waals surface area contributed by atoms with Gasteiger partial charge in [0.15, 0.2) is 5.13 Å². The summed E-state index contributed by atoms with van der Waals surface area (Å²) in [5.74, 6) is 0. The van der Waals surface area contributed by atoms with Crippen LogP contribution in [-0.4, -0.2) is 36.1 Å². The van der Waals surface area contributed by atoms with Gasteiger partial charge in [0.05, 0.1) is 10.2 Å². The summed E-state index contributed by atoms with van der Waals surface area (Å²) in [7, 11) is 0. The average molecular weight is 328 g/mol. The Morgan fingerprint density at radius 1 is 1.33 bits per heavy atom. The number of aromatic nitrogens is 1. The first-order valence-electron chi connectivity index (χ1n) is 6.25. The lowest BCUT2D eigenvalue weighted by Crippen LogP contribution is -2.28. The minimum absolute atomic E-state index is 0.947. The summed E-state index contributed by atoms with van der Waals surface area (Å²) in [6.07, 6.45) is 0. The molecule has 98 valence electrons. The number of fused-ring (bicyclic) bond motifs is 1. The van der Waals surface area contributed by atoms with Crippen molar-refractivity contribution in [2.75, 3.05) is 31.5 Å². The number of hydrogen-bond acceptors (Lipinski definition) is 4. The first-order valence-corrected chi connectivity index (χ1v) is 7.86. The molecule has 1 N–H and O–H groups in total. The maximum absolute atomic E-state index is 4.58. The normalized spacial score (nSPS) is 11.3. The van der Waals surface area contributed by atoms with Crippen LogP contribution >= 0.6 is 27.3 Å². The van der Waals surface area contributed by atoms with E-state index in [-0.39, 0.29) is 0 Å². The number of rotatable bonds is 6. The molecule has 3 nitrogen and oxygen atoms in total. The summed E-state index contributed by atoms with van der Waals surface area (Å²) in [6.45, 7) is 8.60. The van der Waals surface area contributed by atoms with E-state index >= 15 is 0 Å². The molecule has 0 atom stereocenters. The number of thiazole rings is 1. The molecule has 0 spiro atoms. The molecule has 1 aromatic heterocycles. The van der Waals surface area contributed by atoms with Crippen LogP contribution in [0.15, 0.2) is 22.7 Å². The second-order valence-corrected chi connectivity index (χ2v) is 6.03. The third kappa shape index (κ3) is 3.43. The minimum Gasteiger partial charge on any atom is -0.360 e. The van der Waals surface area contributed by atoms with Gasteiger partial charge in [0.2, 0.25) is 0 Å². The van der Waals surface area contributed by atoms with Crippen molar-refractivity contribution in [2.24, 2.45) is 0 Å². The van der Waals surface area contributed by atoms with Gasteiger partial charge in [-0.1, -0.05) is 41.1 Å². The molecule has 0 aliphatic heterocycles. The lowest BCUT2D eigenvalue weighted by atomic mass is 10.3. The molecule has 0 radical (unpaired) electrons. The van der Waals surface area contributed by atoms with E-state index in [1.165, 1.54) is 4.70 Å². The van der Waals surface area contributed by atoms with Crippen molar-refractivity contribution in [2.45, 2.75) is 13.8 Å². The predicted molar refractivity (Wildman–Crippen MR) is 83.6 cm³/mol. The number of nitrogens with zero attached hydrogens (tertiary/aromatic N) is 2. The van der Waals surface area contributed by atoms with E-state index in [4.69, 9.17) is 0 Å². The second-order valence-electron chi connectivity index (χ2n) is 4.08. The van der Waals surface area contributed by atoms with E-state index in [2.05, 4.69) is 63.2 Å². The highest BCUT2D eigenvalue weighted by molar-refractivity contribution is 9.10. The van der Waals surface area contributed by atoms with Crippen LogP contribution < -0.4 is 5.32 Å². The van der Waals surface area contributed by atoms with Gasteiger partial charge in [0, 0.05) is 17.6 Å². The second kappa shape index (κ2) is 6.50. The molecule has 0 aliphatic carbocycles. The fourth-order valence-corrected chi connectivity index (χ4v) is 3.06. The molecule has 0 saturated heterocycles. The smallest absolute Gasteiger partial charge is 0.183 e. The Kier molecular flexibility index (Phi) is 4.97. The van der Waals surface area contributed by atoms with Crippen LogP contribution in [0.25, 0.3) is 10.2 Å². The summed E-state index contributed by atoms with van der Waals surface area (Å²) in [4.78, 5) is 6.98. The van der Waals surface area contributed by atoms with Gasteiger partial charge in [0.1, 0.15) is 0 Å². The van der Waals surface area contributed by atoms with Gasteiger partial charge in [0.25, 0.3) is 0 Å². The zero-order chi connectivity index (χ0) is 13.0. The van der Waals surface area contributed by atoms with Gasteiger partial charge in [-0.3, -0.25) is 0 Å². The first kappa shape index (κ1) is 13.8. The summed E-state index contributed by atoms with van der Waals surface area (Å²) in [6, 6.07) is 6.22. The van der Waals surface area contributed by atoms with Crippen molar-refractivity contribution in [1.29, 1.82) is 0 Å². The maximum atomic E-state index is 4.58. The third-order valence-electron chi connectivity index (χ3n) is 2.95. The van der Waals surface area contributed by atoms with E-state index in [0.29, 0.717) is 0 Å². The largest absolute Gasteiger partial charge is 0.360 e. The van der Waals surface area contributed by atoms with Gasteiger partial charge in [-0.05, 0) is 31.3 Å². The van der Waals surface area contributed by atoms with E-state index in [1.807, 2.05) is 0 Å². The van der Waals surface area contributed by atoms with Crippen LogP contribution in [0.1, 0.15) is 13.8 Å². The Morgan fingerprint density at radius 2 is 2.11 bits per heavy atom. The maximum Gasteiger partial charge on any atom is 0.183 e. The topological polar surface area (TPSA) is 28.2 Å². The Morgan fingerprint density at radius 3 is 2.83 bits per heavy atom. The molecule has 0 unspecified atom stereocenters. The number of nitrogens with one attached hydrogen (secondary N) is 1. The molecule has 0 bridgehead atoms. The highest BCUT2D eigenvalue weighted by atomic mass is 79.9. The van der Waals surface area contributed by atoms with E-state index in [0.717, 1.165) is 41.3 Å². The molecule has 2 aromatic rings. The highest BCUT2D eigenvalue weighted by Crippen LogP contribution is 2.27. The number of anilines is 1. The zero-order valence-electron chi connectivity index (χ0n) is 10.7. The molecule has 2 rings (SSSR count). The SMILES string of the molecule is CCN(CC)CCNc1nc2cc(Br)ccc2s1. The molecule has 18 heavy (non-hydrogen) atoms. The van der Waals surface area contributed by atoms with Gasteiger partial charge in [-0.25, -0.2) is 4.98 Å². The Labute approximate surface area is 120 Å². The zero-order valence-corrected chi connectivity index (χ0v) is 13.1. The summed E-state index contributed by atoms with van der Waals surface area (Å²) in [5, 5.41) is 4.41. The Bertz CT molecular complexity index is 508. The van der Waals surface area contributed by atoms with Crippen molar-refractivity contribution in [1.82, 2.24) is 9.88 Å². The van der Waals surface area contributed by atoms with Crippen LogP contribution in [-0.2, 0) is 0 Å². The van der Waals surface area contributed by atoms with Crippen LogP contribution in [0.4, 0.5) is 5.13 Å². The van der Waals surface area contributed by atoms with E-state index in [1.54, 1.807) is 11.3 Å². The third-order valence-corrected chi connectivity index (χ3v) is 4.44. The molecule has 0 aliphatic rings.